The van der Waals surface area contributed by atoms with Crippen LogP contribution >= 0.6 is 0 Å². The fourth-order valence-electron chi connectivity index (χ4n) is 6.98. The van der Waals surface area contributed by atoms with Gasteiger partial charge in [-0.05, 0) is 144 Å². The average Bonchev–Trinajstić information content (AvgIpc) is 3.06. The lowest BCUT2D eigenvalue weighted by molar-refractivity contribution is 0.405. The van der Waals surface area contributed by atoms with Gasteiger partial charge in [0.25, 0.3) is 0 Å². The van der Waals surface area contributed by atoms with Crippen LogP contribution in [0, 0.1) is 6.92 Å². The van der Waals surface area contributed by atoms with Crippen molar-refractivity contribution in [3.63, 3.8) is 0 Å². The Hall–Kier alpha value is -3.72. The summed E-state index contributed by atoms with van der Waals surface area (Å²) >= 11 is 0. The van der Waals surface area contributed by atoms with E-state index in [1.807, 2.05) is 6.08 Å². The van der Waals surface area contributed by atoms with Gasteiger partial charge < -0.3 is 15.4 Å². The molecule has 242 valence electrons. The summed E-state index contributed by atoms with van der Waals surface area (Å²) in [6.45, 7) is 29.0. The second kappa shape index (κ2) is 16.5. The molecule has 0 saturated heterocycles. The van der Waals surface area contributed by atoms with Gasteiger partial charge in [0.2, 0.25) is 0 Å². The lowest BCUT2D eigenvalue weighted by Crippen LogP contribution is -2.12. The van der Waals surface area contributed by atoms with E-state index in [9.17, 15) is 0 Å². The Labute approximate surface area is 274 Å². The molecule has 3 aromatic rings. The molecule has 0 unspecified atom stereocenters. The number of anilines is 2. The van der Waals surface area contributed by atoms with Crippen molar-refractivity contribution in [2.24, 2.45) is 0 Å². The molecule has 0 spiro atoms. The Balaban J connectivity index is 2.32. The van der Waals surface area contributed by atoms with Crippen LogP contribution in [0.25, 0.3) is 5.70 Å². The van der Waals surface area contributed by atoms with Crippen molar-refractivity contribution in [1.82, 2.24) is 0 Å². The molecule has 3 aromatic carbocycles. The predicted molar refractivity (Wildman–Crippen MR) is 199 cm³/mol. The normalized spacial score (nSPS) is 11.7. The summed E-state index contributed by atoms with van der Waals surface area (Å²) in [5.74, 6) is 1.01. The minimum Gasteiger partial charge on any atom is -0.496 e. The van der Waals surface area contributed by atoms with Crippen molar-refractivity contribution < 1.29 is 4.74 Å². The number of nitrogens with one attached hydrogen (secondary N) is 2. The Morgan fingerprint density at radius 1 is 0.644 bits per heavy atom. The van der Waals surface area contributed by atoms with E-state index in [2.05, 4.69) is 116 Å². The summed E-state index contributed by atoms with van der Waals surface area (Å²) < 4.78 is 5.92. The maximum Gasteiger partial charge on any atom is 0.125 e. The van der Waals surface area contributed by atoms with Gasteiger partial charge in [-0.1, -0.05) is 74.6 Å². The Morgan fingerprint density at radius 2 is 1.11 bits per heavy atom. The van der Waals surface area contributed by atoms with Crippen molar-refractivity contribution >= 4 is 17.1 Å². The maximum absolute atomic E-state index is 5.92. The van der Waals surface area contributed by atoms with Gasteiger partial charge in [-0.2, -0.15) is 0 Å². The Bertz CT molecular complexity index is 1510. The van der Waals surface area contributed by atoms with Crippen molar-refractivity contribution in [2.45, 2.75) is 114 Å². The fourth-order valence-corrected chi connectivity index (χ4v) is 6.98. The molecule has 0 atom stereocenters. The number of hydrogen-bond acceptors (Lipinski definition) is 3. The number of benzene rings is 3. The molecule has 0 aliphatic carbocycles. The van der Waals surface area contributed by atoms with Crippen molar-refractivity contribution in [1.29, 1.82) is 0 Å². The predicted octanol–water partition coefficient (Wildman–Crippen LogP) is 11.1. The summed E-state index contributed by atoms with van der Waals surface area (Å²) in [5, 5.41) is 7.64. The highest BCUT2D eigenvalue weighted by atomic mass is 16.5. The number of methoxy groups -OCH3 is 1. The minimum atomic E-state index is 0.828. The third kappa shape index (κ3) is 7.57. The average molecular weight is 607 g/mol. The molecule has 45 heavy (non-hydrogen) atoms. The summed E-state index contributed by atoms with van der Waals surface area (Å²) in [6, 6.07) is 11.6. The maximum atomic E-state index is 5.92. The molecule has 3 heteroatoms. The highest BCUT2D eigenvalue weighted by Gasteiger charge is 2.20. The third-order valence-electron chi connectivity index (χ3n) is 9.42. The van der Waals surface area contributed by atoms with Crippen LogP contribution in [0.5, 0.6) is 5.75 Å². The summed E-state index contributed by atoms with van der Waals surface area (Å²) in [6.07, 6.45) is 9.83. The zero-order chi connectivity index (χ0) is 33.3. The van der Waals surface area contributed by atoms with Gasteiger partial charge in [0, 0.05) is 22.6 Å². The van der Waals surface area contributed by atoms with Gasteiger partial charge in [-0.25, -0.2) is 0 Å². The van der Waals surface area contributed by atoms with Crippen molar-refractivity contribution in [3.8, 4) is 5.75 Å². The molecule has 0 aliphatic rings. The smallest absolute Gasteiger partial charge is 0.125 e. The van der Waals surface area contributed by atoms with Gasteiger partial charge in [0.1, 0.15) is 5.75 Å². The Morgan fingerprint density at radius 3 is 1.51 bits per heavy atom. The molecule has 2 N–H and O–H groups in total. The molecule has 0 saturated carbocycles. The van der Waals surface area contributed by atoms with Crippen LogP contribution in [0.4, 0.5) is 11.4 Å². The van der Waals surface area contributed by atoms with E-state index in [-0.39, 0.29) is 0 Å². The van der Waals surface area contributed by atoms with Crippen molar-refractivity contribution in [2.75, 3.05) is 17.7 Å². The molecule has 3 nitrogen and oxygen atoms in total. The molecule has 0 radical (unpaired) electrons. The third-order valence-corrected chi connectivity index (χ3v) is 9.42. The number of allylic oxidation sites excluding steroid dienone is 1. The highest BCUT2D eigenvalue weighted by molar-refractivity contribution is 5.86. The van der Waals surface area contributed by atoms with E-state index < -0.39 is 0 Å². The van der Waals surface area contributed by atoms with E-state index in [0.29, 0.717) is 0 Å². The molecular formula is C42H58N2O. The number of ether oxygens (including phenoxy) is 1. The van der Waals surface area contributed by atoms with Gasteiger partial charge in [-0.15, -0.1) is 0 Å². The van der Waals surface area contributed by atoms with Crippen LogP contribution in [-0.4, -0.2) is 7.11 Å². The fraction of sp³-hybridized carbons (Fsp3) is 0.429. The first kappa shape index (κ1) is 35.8. The molecule has 0 heterocycles. The molecule has 0 bridgehead atoms. The quantitative estimate of drug-likeness (QED) is 0.159. The van der Waals surface area contributed by atoms with E-state index in [0.717, 1.165) is 91.0 Å². The lowest BCUT2D eigenvalue weighted by Gasteiger charge is -2.25. The first-order valence-electron chi connectivity index (χ1n) is 17.3. The van der Waals surface area contributed by atoms with Gasteiger partial charge in [0.15, 0.2) is 0 Å². The number of aryl methyl sites for hydroxylation is 5. The lowest BCUT2D eigenvalue weighted by atomic mass is 9.90. The van der Waals surface area contributed by atoms with E-state index >= 15 is 0 Å². The largest absolute Gasteiger partial charge is 0.496 e. The second-order valence-corrected chi connectivity index (χ2v) is 11.8. The molecular weight excluding hydrogens is 548 g/mol. The second-order valence-electron chi connectivity index (χ2n) is 11.8. The van der Waals surface area contributed by atoms with Crippen LogP contribution < -0.4 is 15.4 Å². The van der Waals surface area contributed by atoms with Crippen LogP contribution in [0.15, 0.2) is 60.8 Å². The molecule has 3 rings (SSSR count). The SMILES string of the molecule is C=C/C(C(=C)Nc1cc(CC)c(CC)c(CC)c1)=C(\Nc1cc(CC)c(OC)c(CC)c1C)c1cc(CC)c(CC)c(CC)c1. The molecule has 0 aromatic heterocycles. The van der Waals surface area contributed by atoms with Crippen LogP contribution in [0.2, 0.25) is 0 Å². The minimum absolute atomic E-state index is 0.828. The zero-order valence-corrected chi connectivity index (χ0v) is 29.9. The van der Waals surface area contributed by atoms with Crippen LogP contribution in [-0.2, 0) is 51.4 Å². The molecule has 0 fully saturated rings. The standard InChI is InChI=1S/C42H58N2O/c1-13-29-22-34(23-30(14-2)38(29)20-8)41(44-40-26-33(17-5)42(45-12)36(18-6)27(40)10)37(19-7)28(11)43-35-24-31(15-3)39(21-9)32(16-4)25-35/h19,22-26,43-44H,7,11,13-18,20-21H2,1-6,8-10,12H3/b41-37+. The van der Waals surface area contributed by atoms with E-state index in [4.69, 9.17) is 4.74 Å². The van der Waals surface area contributed by atoms with Crippen molar-refractivity contribution in [3.05, 3.63) is 116 Å². The van der Waals surface area contributed by atoms with Gasteiger partial charge >= 0.3 is 0 Å². The van der Waals surface area contributed by atoms with Crippen LogP contribution in [0.1, 0.15) is 111 Å². The first-order chi connectivity index (χ1) is 21.7. The van der Waals surface area contributed by atoms with Gasteiger partial charge in [-0.3, -0.25) is 0 Å². The summed E-state index contributed by atoms with van der Waals surface area (Å²) in [5.41, 5.74) is 18.4. The summed E-state index contributed by atoms with van der Waals surface area (Å²) in [4.78, 5) is 0. The zero-order valence-electron chi connectivity index (χ0n) is 29.9. The highest BCUT2D eigenvalue weighted by Crippen LogP contribution is 2.37. The topological polar surface area (TPSA) is 33.3 Å². The molecule has 0 aliphatic heterocycles. The van der Waals surface area contributed by atoms with E-state index in [1.54, 1.807) is 7.11 Å². The Kier molecular flexibility index (Phi) is 13.2. The molecule has 0 amide bonds. The van der Waals surface area contributed by atoms with E-state index in [1.165, 1.54) is 50.1 Å². The first-order valence-corrected chi connectivity index (χ1v) is 17.3. The number of rotatable bonds is 16. The monoisotopic (exact) mass is 606 g/mol. The number of hydrogen-bond donors (Lipinski definition) is 2. The van der Waals surface area contributed by atoms with Crippen LogP contribution in [0.3, 0.4) is 0 Å². The summed E-state index contributed by atoms with van der Waals surface area (Å²) in [7, 11) is 1.78. The van der Waals surface area contributed by atoms with Gasteiger partial charge in [0.05, 0.1) is 12.8 Å².